The van der Waals surface area contributed by atoms with Crippen molar-refractivity contribution < 1.29 is 0 Å². The van der Waals surface area contributed by atoms with Crippen LogP contribution < -0.4 is 5.73 Å². The number of aromatic nitrogens is 3. The normalized spacial score (nSPS) is 14.5. The average molecular weight is 230 g/mol. The molecule has 1 heterocycles. The molecule has 4 nitrogen and oxygen atoms in total. The van der Waals surface area contributed by atoms with Gasteiger partial charge in [-0.3, -0.25) is 0 Å². The van der Waals surface area contributed by atoms with E-state index in [1.807, 2.05) is 16.8 Å². The minimum Gasteiger partial charge on any atom is -0.326 e. The number of nitrogens with zero attached hydrogens (tertiary/aromatic N) is 3. The lowest BCUT2D eigenvalue weighted by molar-refractivity contribution is 0.421. The van der Waals surface area contributed by atoms with Gasteiger partial charge in [0.1, 0.15) is 12.7 Å². The van der Waals surface area contributed by atoms with Gasteiger partial charge in [-0.15, -0.1) is 0 Å². The zero-order valence-electron chi connectivity index (χ0n) is 10.2. The molecular weight excluding hydrogens is 212 g/mol. The number of benzene rings is 1. The van der Waals surface area contributed by atoms with E-state index < -0.39 is 0 Å². The second kappa shape index (κ2) is 5.10. The molecule has 0 aliphatic carbocycles. The number of aryl methyl sites for hydroxylation is 1. The first-order valence-electron chi connectivity index (χ1n) is 5.89. The fourth-order valence-electron chi connectivity index (χ4n) is 2.07. The fraction of sp³-hybridized carbons (Fsp3) is 0.385. The molecule has 0 bridgehead atoms. The van der Waals surface area contributed by atoms with E-state index in [9.17, 15) is 0 Å². The standard InChI is InChI=1S/C13H18N4/c1-3-12(14)13(17-9-15-8-16-17)11-7-5-4-6-10(11)2/h4-9,12-13H,3,14H2,1-2H3. The van der Waals surface area contributed by atoms with E-state index in [-0.39, 0.29) is 12.1 Å². The molecule has 0 amide bonds. The van der Waals surface area contributed by atoms with E-state index in [2.05, 4.69) is 36.1 Å². The number of nitrogens with two attached hydrogens (primary N) is 1. The Morgan fingerprint density at radius 3 is 2.71 bits per heavy atom. The van der Waals surface area contributed by atoms with E-state index in [1.165, 1.54) is 11.1 Å². The lowest BCUT2D eigenvalue weighted by Gasteiger charge is -2.24. The van der Waals surface area contributed by atoms with E-state index in [4.69, 9.17) is 5.73 Å². The van der Waals surface area contributed by atoms with Crippen LogP contribution in [0.3, 0.4) is 0 Å². The van der Waals surface area contributed by atoms with Gasteiger partial charge in [0.05, 0.1) is 6.04 Å². The maximum Gasteiger partial charge on any atom is 0.137 e. The Balaban J connectivity index is 2.44. The smallest absolute Gasteiger partial charge is 0.137 e. The summed E-state index contributed by atoms with van der Waals surface area (Å²) in [6.07, 6.45) is 4.18. The van der Waals surface area contributed by atoms with Crippen molar-refractivity contribution in [1.82, 2.24) is 14.8 Å². The molecule has 90 valence electrons. The summed E-state index contributed by atoms with van der Waals surface area (Å²) >= 11 is 0. The second-order valence-corrected chi connectivity index (χ2v) is 4.25. The van der Waals surface area contributed by atoms with Gasteiger partial charge in [-0.1, -0.05) is 31.2 Å². The second-order valence-electron chi connectivity index (χ2n) is 4.25. The van der Waals surface area contributed by atoms with Crippen LogP contribution in [0.15, 0.2) is 36.9 Å². The lowest BCUT2D eigenvalue weighted by atomic mass is 9.94. The molecular formula is C13H18N4. The Morgan fingerprint density at radius 1 is 1.35 bits per heavy atom. The third kappa shape index (κ3) is 2.36. The maximum absolute atomic E-state index is 6.22. The average Bonchev–Trinajstić information content (AvgIpc) is 2.85. The summed E-state index contributed by atoms with van der Waals surface area (Å²) in [6.45, 7) is 4.19. The van der Waals surface area contributed by atoms with Crippen molar-refractivity contribution in [3.05, 3.63) is 48.0 Å². The number of hydrogen-bond acceptors (Lipinski definition) is 3. The highest BCUT2D eigenvalue weighted by atomic mass is 15.3. The van der Waals surface area contributed by atoms with E-state index in [1.54, 1.807) is 12.7 Å². The number of hydrogen-bond donors (Lipinski definition) is 1. The van der Waals surface area contributed by atoms with Crippen LogP contribution in [0.1, 0.15) is 30.5 Å². The van der Waals surface area contributed by atoms with Crippen molar-refractivity contribution in [1.29, 1.82) is 0 Å². The van der Waals surface area contributed by atoms with E-state index in [0.717, 1.165) is 6.42 Å². The van der Waals surface area contributed by atoms with Gasteiger partial charge in [-0.2, -0.15) is 5.10 Å². The van der Waals surface area contributed by atoms with Crippen molar-refractivity contribution in [3.8, 4) is 0 Å². The predicted molar refractivity (Wildman–Crippen MR) is 67.6 cm³/mol. The molecule has 17 heavy (non-hydrogen) atoms. The molecule has 4 heteroatoms. The molecule has 0 saturated carbocycles. The van der Waals surface area contributed by atoms with Crippen molar-refractivity contribution in [3.63, 3.8) is 0 Å². The third-order valence-corrected chi connectivity index (χ3v) is 3.11. The van der Waals surface area contributed by atoms with Crippen LogP contribution >= 0.6 is 0 Å². The molecule has 2 N–H and O–H groups in total. The van der Waals surface area contributed by atoms with Gasteiger partial charge in [0.25, 0.3) is 0 Å². The van der Waals surface area contributed by atoms with Crippen molar-refractivity contribution in [2.45, 2.75) is 32.4 Å². The summed E-state index contributed by atoms with van der Waals surface area (Å²) in [4.78, 5) is 4.01. The summed E-state index contributed by atoms with van der Waals surface area (Å²) in [6, 6.07) is 8.38. The molecule has 1 aromatic heterocycles. The Hall–Kier alpha value is -1.68. The van der Waals surface area contributed by atoms with Gasteiger partial charge in [0.2, 0.25) is 0 Å². The number of rotatable bonds is 4. The molecule has 1 aromatic carbocycles. The van der Waals surface area contributed by atoms with Crippen LogP contribution in [-0.4, -0.2) is 20.8 Å². The van der Waals surface area contributed by atoms with Gasteiger partial charge in [-0.05, 0) is 24.5 Å². The minimum absolute atomic E-state index is 0.0396. The molecule has 0 saturated heterocycles. The van der Waals surface area contributed by atoms with Crippen LogP contribution in [0.5, 0.6) is 0 Å². The molecule has 0 fully saturated rings. The van der Waals surface area contributed by atoms with Gasteiger partial charge in [0.15, 0.2) is 0 Å². The van der Waals surface area contributed by atoms with Gasteiger partial charge in [0, 0.05) is 6.04 Å². The first-order valence-corrected chi connectivity index (χ1v) is 5.89. The minimum atomic E-state index is 0.0396. The molecule has 2 aromatic rings. The fourth-order valence-corrected chi connectivity index (χ4v) is 2.07. The van der Waals surface area contributed by atoms with Crippen LogP contribution in [0.2, 0.25) is 0 Å². The molecule has 0 radical (unpaired) electrons. The SMILES string of the molecule is CCC(N)C(c1ccccc1C)n1cncn1. The van der Waals surface area contributed by atoms with Crippen LogP contribution in [0.4, 0.5) is 0 Å². The van der Waals surface area contributed by atoms with Gasteiger partial charge >= 0.3 is 0 Å². The summed E-state index contributed by atoms with van der Waals surface area (Å²) in [7, 11) is 0. The summed E-state index contributed by atoms with van der Waals surface area (Å²) in [5.41, 5.74) is 8.67. The van der Waals surface area contributed by atoms with Crippen LogP contribution in [-0.2, 0) is 0 Å². The van der Waals surface area contributed by atoms with Crippen molar-refractivity contribution in [2.75, 3.05) is 0 Å². The molecule has 0 aliphatic heterocycles. The Bertz CT molecular complexity index is 464. The van der Waals surface area contributed by atoms with Crippen molar-refractivity contribution in [2.24, 2.45) is 5.73 Å². The first kappa shape index (κ1) is 11.8. The van der Waals surface area contributed by atoms with Gasteiger partial charge < -0.3 is 5.73 Å². The highest BCUT2D eigenvalue weighted by Crippen LogP contribution is 2.24. The molecule has 2 unspecified atom stereocenters. The highest BCUT2D eigenvalue weighted by molar-refractivity contribution is 5.30. The van der Waals surface area contributed by atoms with Crippen molar-refractivity contribution >= 4 is 0 Å². The van der Waals surface area contributed by atoms with E-state index in [0.29, 0.717) is 0 Å². The Kier molecular flexibility index (Phi) is 3.54. The van der Waals surface area contributed by atoms with Crippen LogP contribution in [0.25, 0.3) is 0 Å². The lowest BCUT2D eigenvalue weighted by Crippen LogP contribution is -2.33. The molecule has 0 aliphatic rings. The summed E-state index contributed by atoms with van der Waals surface area (Å²) in [5.74, 6) is 0. The van der Waals surface area contributed by atoms with Gasteiger partial charge in [-0.25, -0.2) is 9.67 Å². The third-order valence-electron chi connectivity index (χ3n) is 3.11. The Morgan fingerprint density at radius 2 is 2.12 bits per heavy atom. The topological polar surface area (TPSA) is 56.7 Å². The monoisotopic (exact) mass is 230 g/mol. The largest absolute Gasteiger partial charge is 0.326 e. The molecule has 2 rings (SSSR count). The first-order chi connectivity index (χ1) is 8.24. The van der Waals surface area contributed by atoms with E-state index >= 15 is 0 Å². The Labute approximate surface area is 101 Å². The maximum atomic E-state index is 6.22. The highest BCUT2D eigenvalue weighted by Gasteiger charge is 2.22. The van der Waals surface area contributed by atoms with Crippen LogP contribution in [0, 0.1) is 6.92 Å². The quantitative estimate of drug-likeness (QED) is 0.873. The zero-order chi connectivity index (χ0) is 12.3. The summed E-state index contributed by atoms with van der Waals surface area (Å²) < 4.78 is 1.84. The molecule has 0 spiro atoms. The zero-order valence-corrected chi connectivity index (χ0v) is 10.2. The predicted octanol–water partition coefficient (Wildman–Crippen LogP) is 1.91. The summed E-state index contributed by atoms with van der Waals surface area (Å²) in [5, 5.41) is 4.23. The molecule has 2 atom stereocenters.